The highest BCUT2D eigenvalue weighted by atomic mass is 35.5. The summed E-state index contributed by atoms with van der Waals surface area (Å²) in [6, 6.07) is 14.1. The Labute approximate surface area is 164 Å². The van der Waals surface area contributed by atoms with Crippen LogP contribution in [-0.2, 0) is 10.0 Å². The zero-order valence-electron chi connectivity index (χ0n) is 13.1. The molecule has 2 aromatic carbocycles. The van der Waals surface area contributed by atoms with E-state index in [2.05, 4.69) is 10.0 Å². The molecule has 2 N–H and O–H groups in total. The lowest BCUT2D eigenvalue weighted by molar-refractivity contribution is 0.102. The largest absolute Gasteiger partial charge is 0.319 e. The second-order valence-electron chi connectivity index (χ2n) is 5.17. The molecule has 1 aromatic heterocycles. The number of para-hydroxylation sites is 1. The molecule has 1 heterocycles. The van der Waals surface area contributed by atoms with Gasteiger partial charge in [-0.25, -0.2) is 8.42 Å². The number of carbonyl (C=O) groups is 1. The Hall–Kier alpha value is -2.06. The van der Waals surface area contributed by atoms with E-state index in [4.69, 9.17) is 23.2 Å². The minimum absolute atomic E-state index is 0.215. The third-order valence-corrected chi connectivity index (χ3v) is 6.77. The summed E-state index contributed by atoms with van der Waals surface area (Å²) >= 11 is 13.2. The Balaban J connectivity index is 1.74. The van der Waals surface area contributed by atoms with Crippen molar-refractivity contribution in [2.75, 3.05) is 10.0 Å². The van der Waals surface area contributed by atoms with Crippen LogP contribution in [0.1, 0.15) is 10.4 Å². The predicted molar refractivity (Wildman–Crippen MR) is 106 cm³/mol. The van der Waals surface area contributed by atoms with E-state index >= 15 is 0 Å². The van der Waals surface area contributed by atoms with Gasteiger partial charge in [0.05, 0.1) is 15.7 Å². The molecule has 3 aromatic rings. The molecule has 5 nitrogen and oxygen atoms in total. The first-order chi connectivity index (χ1) is 12.4. The van der Waals surface area contributed by atoms with Crippen molar-refractivity contribution in [2.45, 2.75) is 4.21 Å². The molecule has 0 unspecified atom stereocenters. The first-order valence-corrected chi connectivity index (χ1v) is 10.4. The number of rotatable bonds is 5. The van der Waals surface area contributed by atoms with Gasteiger partial charge in [-0.3, -0.25) is 9.52 Å². The molecule has 1 amide bonds. The van der Waals surface area contributed by atoms with Crippen molar-refractivity contribution >= 4 is 61.8 Å². The van der Waals surface area contributed by atoms with Crippen LogP contribution < -0.4 is 10.0 Å². The molecule has 0 atom stereocenters. The summed E-state index contributed by atoms with van der Waals surface area (Å²) in [5.74, 6) is -0.410. The number of hydrogen-bond acceptors (Lipinski definition) is 4. The number of amides is 1. The molecule has 0 aliphatic heterocycles. The van der Waals surface area contributed by atoms with E-state index in [1.54, 1.807) is 29.6 Å². The maximum Gasteiger partial charge on any atom is 0.271 e. The number of carbonyl (C=O) groups excluding carboxylic acids is 1. The van der Waals surface area contributed by atoms with Gasteiger partial charge in [0.15, 0.2) is 0 Å². The summed E-state index contributed by atoms with van der Waals surface area (Å²) in [5, 5.41) is 4.98. The normalized spacial score (nSPS) is 11.2. The van der Waals surface area contributed by atoms with E-state index in [9.17, 15) is 13.2 Å². The van der Waals surface area contributed by atoms with Crippen LogP contribution in [0.25, 0.3) is 0 Å². The number of sulfonamides is 1. The lowest BCUT2D eigenvalue weighted by Gasteiger charge is -2.10. The molecule has 3 rings (SSSR count). The molecule has 0 saturated carbocycles. The van der Waals surface area contributed by atoms with Crippen LogP contribution in [0.2, 0.25) is 10.0 Å². The second kappa shape index (κ2) is 7.67. The van der Waals surface area contributed by atoms with Crippen LogP contribution in [0.15, 0.2) is 64.2 Å². The average molecular weight is 427 g/mol. The van der Waals surface area contributed by atoms with Crippen LogP contribution in [-0.4, -0.2) is 14.3 Å². The molecule has 134 valence electrons. The van der Waals surface area contributed by atoms with Crippen molar-refractivity contribution in [2.24, 2.45) is 0 Å². The molecule has 0 radical (unpaired) electrons. The highest BCUT2D eigenvalue weighted by molar-refractivity contribution is 7.94. The summed E-state index contributed by atoms with van der Waals surface area (Å²) in [5.41, 5.74) is 1.01. The lowest BCUT2D eigenvalue weighted by Crippen LogP contribution is -2.14. The third kappa shape index (κ3) is 4.19. The molecule has 0 aliphatic rings. The Bertz CT molecular complexity index is 1010. The number of thiophene rings is 1. The summed E-state index contributed by atoms with van der Waals surface area (Å²) in [4.78, 5) is 12.3. The Morgan fingerprint density at radius 1 is 0.923 bits per heavy atom. The van der Waals surface area contributed by atoms with E-state index in [0.717, 1.165) is 11.3 Å². The van der Waals surface area contributed by atoms with Gasteiger partial charge >= 0.3 is 0 Å². The van der Waals surface area contributed by atoms with Crippen molar-refractivity contribution in [1.82, 2.24) is 0 Å². The van der Waals surface area contributed by atoms with Crippen LogP contribution in [0.4, 0.5) is 11.4 Å². The van der Waals surface area contributed by atoms with Gasteiger partial charge in [-0.15, -0.1) is 11.3 Å². The van der Waals surface area contributed by atoms with Crippen LogP contribution in [0, 0.1) is 0 Å². The fraction of sp³-hybridized carbons (Fsp3) is 0. The molecule has 0 aliphatic carbocycles. The number of halogens is 2. The first kappa shape index (κ1) is 18.7. The standard InChI is InChI=1S/C17H12Cl2N2O3S2/c18-13-3-1-4-14(19)16(13)20-17(22)11-6-8-12(9-7-11)21-26(23,24)15-5-2-10-25-15/h1-10,21H,(H,20,22). The van der Waals surface area contributed by atoms with Crippen LogP contribution in [0.3, 0.4) is 0 Å². The Kier molecular flexibility index (Phi) is 5.52. The van der Waals surface area contributed by atoms with Gasteiger partial charge in [0.25, 0.3) is 15.9 Å². The molecule has 26 heavy (non-hydrogen) atoms. The van der Waals surface area contributed by atoms with Gasteiger partial charge in [0.2, 0.25) is 0 Å². The van der Waals surface area contributed by atoms with E-state index < -0.39 is 15.9 Å². The van der Waals surface area contributed by atoms with Crippen molar-refractivity contribution in [1.29, 1.82) is 0 Å². The van der Waals surface area contributed by atoms with Gasteiger partial charge in [-0.1, -0.05) is 35.3 Å². The highest BCUT2D eigenvalue weighted by Gasteiger charge is 2.16. The van der Waals surface area contributed by atoms with Crippen molar-refractivity contribution < 1.29 is 13.2 Å². The molecule has 0 bridgehead atoms. The quantitative estimate of drug-likeness (QED) is 0.594. The minimum atomic E-state index is -3.63. The van der Waals surface area contributed by atoms with Gasteiger partial charge in [0.1, 0.15) is 4.21 Å². The summed E-state index contributed by atoms with van der Waals surface area (Å²) in [7, 11) is -3.63. The van der Waals surface area contributed by atoms with Crippen molar-refractivity contribution in [3.05, 3.63) is 75.6 Å². The number of nitrogens with one attached hydrogen (secondary N) is 2. The maximum atomic E-state index is 12.3. The summed E-state index contributed by atoms with van der Waals surface area (Å²) in [6.45, 7) is 0. The van der Waals surface area contributed by atoms with Crippen LogP contribution >= 0.6 is 34.5 Å². The lowest BCUT2D eigenvalue weighted by atomic mass is 10.2. The number of hydrogen-bond donors (Lipinski definition) is 2. The van der Waals surface area contributed by atoms with Gasteiger partial charge < -0.3 is 5.32 Å². The minimum Gasteiger partial charge on any atom is -0.319 e. The topological polar surface area (TPSA) is 75.3 Å². The van der Waals surface area contributed by atoms with Gasteiger partial charge in [-0.05, 0) is 47.8 Å². The van der Waals surface area contributed by atoms with Crippen molar-refractivity contribution in [3.63, 3.8) is 0 Å². The third-order valence-electron chi connectivity index (χ3n) is 3.36. The Morgan fingerprint density at radius 3 is 2.15 bits per heavy atom. The fourth-order valence-corrected chi connectivity index (χ4v) is 4.66. The second-order valence-corrected chi connectivity index (χ2v) is 8.84. The molecular weight excluding hydrogens is 415 g/mol. The number of anilines is 2. The van der Waals surface area contributed by atoms with Gasteiger partial charge in [0, 0.05) is 11.3 Å². The van der Waals surface area contributed by atoms with Gasteiger partial charge in [-0.2, -0.15) is 0 Å². The van der Waals surface area contributed by atoms with Crippen molar-refractivity contribution in [3.8, 4) is 0 Å². The highest BCUT2D eigenvalue weighted by Crippen LogP contribution is 2.30. The predicted octanol–water partition coefficient (Wildman–Crippen LogP) is 5.11. The average Bonchev–Trinajstić information content (AvgIpc) is 3.14. The molecule has 0 saturated heterocycles. The zero-order valence-corrected chi connectivity index (χ0v) is 16.2. The number of benzene rings is 2. The summed E-state index contributed by atoms with van der Waals surface area (Å²) in [6.07, 6.45) is 0. The van der Waals surface area contributed by atoms with E-state index in [0.29, 0.717) is 27.0 Å². The van der Waals surface area contributed by atoms with E-state index in [-0.39, 0.29) is 4.21 Å². The SMILES string of the molecule is O=C(Nc1c(Cl)cccc1Cl)c1ccc(NS(=O)(=O)c2cccs2)cc1. The van der Waals surface area contributed by atoms with Crippen LogP contribution in [0.5, 0.6) is 0 Å². The molecule has 9 heteroatoms. The molecule has 0 spiro atoms. The maximum absolute atomic E-state index is 12.3. The fourth-order valence-electron chi connectivity index (χ4n) is 2.11. The Morgan fingerprint density at radius 2 is 1.58 bits per heavy atom. The monoisotopic (exact) mass is 426 g/mol. The first-order valence-electron chi connectivity index (χ1n) is 7.28. The van der Waals surface area contributed by atoms with E-state index in [1.807, 2.05) is 0 Å². The van der Waals surface area contributed by atoms with E-state index in [1.165, 1.54) is 30.3 Å². The smallest absolute Gasteiger partial charge is 0.271 e. The molecule has 0 fully saturated rings. The molecular formula is C17H12Cl2N2O3S2. The summed E-state index contributed by atoms with van der Waals surface area (Å²) < 4.78 is 27.1. The zero-order chi connectivity index (χ0) is 18.7.